The van der Waals surface area contributed by atoms with E-state index in [-0.39, 0.29) is 0 Å². The quantitative estimate of drug-likeness (QED) is 0.400. The van der Waals surface area contributed by atoms with Gasteiger partial charge in [0.2, 0.25) is 0 Å². The fourth-order valence-electron chi connectivity index (χ4n) is 3.79. The number of hydrogen-bond acceptors (Lipinski definition) is 4. The van der Waals surface area contributed by atoms with Crippen molar-refractivity contribution in [3.05, 3.63) is 77.5 Å². The molecule has 0 saturated carbocycles. The predicted molar refractivity (Wildman–Crippen MR) is 136 cm³/mol. The zero-order valence-electron chi connectivity index (χ0n) is 20.9. The van der Waals surface area contributed by atoms with E-state index in [1.54, 1.807) is 0 Å². The summed E-state index contributed by atoms with van der Waals surface area (Å²) in [5.74, 6) is -0.459. The second-order valence-electron chi connectivity index (χ2n) is 9.64. The van der Waals surface area contributed by atoms with Gasteiger partial charge in [0, 0.05) is 13.0 Å². The number of amides is 1. The molecule has 2 aromatic carbocycles. The van der Waals surface area contributed by atoms with Gasteiger partial charge in [0.25, 0.3) is 0 Å². The average molecular weight is 468 g/mol. The van der Waals surface area contributed by atoms with Crippen LogP contribution in [0.5, 0.6) is 0 Å². The van der Waals surface area contributed by atoms with E-state index in [9.17, 15) is 9.59 Å². The Morgan fingerprint density at radius 3 is 2.03 bits per heavy atom. The van der Waals surface area contributed by atoms with Crippen LogP contribution < -0.4 is 5.19 Å². The number of allylic oxidation sites excluding steroid dienone is 1. The average Bonchev–Trinajstić information content (AvgIpc) is 2.78. The van der Waals surface area contributed by atoms with Gasteiger partial charge in [-0.05, 0) is 33.3 Å². The van der Waals surface area contributed by atoms with Gasteiger partial charge in [0.15, 0.2) is 0 Å². The van der Waals surface area contributed by atoms with E-state index >= 15 is 0 Å². The molecule has 1 amide bonds. The molecule has 33 heavy (non-hydrogen) atoms. The van der Waals surface area contributed by atoms with Gasteiger partial charge in [-0.2, -0.15) is 0 Å². The molecule has 0 aliphatic rings. The molecule has 178 valence electrons. The summed E-state index contributed by atoms with van der Waals surface area (Å²) in [5.41, 5.74) is 0.258. The number of rotatable bonds is 8. The van der Waals surface area contributed by atoms with Gasteiger partial charge in [0.1, 0.15) is 19.7 Å². The number of carbonyl (C=O) groups excluding carboxylic acids is 2. The second kappa shape index (κ2) is 11.3. The van der Waals surface area contributed by atoms with Crippen molar-refractivity contribution < 1.29 is 19.1 Å². The molecule has 0 radical (unpaired) electrons. The van der Waals surface area contributed by atoms with Crippen LogP contribution in [-0.2, 0) is 20.7 Å². The van der Waals surface area contributed by atoms with Crippen molar-refractivity contribution >= 4 is 25.3 Å². The van der Waals surface area contributed by atoms with Crippen LogP contribution in [0.1, 0.15) is 33.3 Å². The van der Waals surface area contributed by atoms with Crippen LogP contribution in [0.3, 0.4) is 0 Å². The molecule has 0 spiro atoms. The van der Waals surface area contributed by atoms with Crippen LogP contribution in [0.25, 0.3) is 0 Å². The molecule has 0 heterocycles. The molecule has 0 unspecified atom stereocenters. The number of ether oxygens (including phenoxy) is 2. The predicted octanol–water partition coefficient (Wildman–Crippen LogP) is 5.11. The van der Waals surface area contributed by atoms with Gasteiger partial charge in [-0.1, -0.05) is 90.2 Å². The first kappa shape index (κ1) is 26.4. The minimum absolute atomic E-state index is 0.298. The van der Waals surface area contributed by atoms with Crippen molar-refractivity contribution in [2.24, 2.45) is 0 Å². The standard InChI is InChI=1S/C27H37NO4Si/c1-8-22(33(6,7)23-17-13-10-14-18-23)20-28(26(30)32-27(2,3)4)24(25(29)31-5)19-21-15-11-9-12-16-21/h8-18,24H,19-20H2,1-7H3/b22-8-/t24-/m0/s1. The lowest BCUT2D eigenvalue weighted by atomic mass is 10.0. The van der Waals surface area contributed by atoms with Crippen LogP contribution in [0.4, 0.5) is 4.79 Å². The summed E-state index contributed by atoms with van der Waals surface area (Å²) in [7, 11) is -0.745. The van der Waals surface area contributed by atoms with Crippen LogP contribution in [0.15, 0.2) is 71.9 Å². The molecular weight excluding hydrogens is 430 g/mol. The Balaban J connectivity index is 2.48. The molecule has 0 fully saturated rings. The summed E-state index contributed by atoms with van der Waals surface area (Å²) in [6.45, 7) is 12.3. The Labute approximate surface area is 199 Å². The molecule has 5 nitrogen and oxygen atoms in total. The summed E-state index contributed by atoms with van der Waals surface area (Å²) in [6, 6.07) is 19.2. The zero-order valence-corrected chi connectivity index (χ0v) is 21.9. The third-order valence-electron chi connectivity index (χ3n) is 5.74. The highest BCUT2D eigenvalue weighted by atomic mass is 28.3. The smallest absolute Gasteiger partial charge is 0.411 e. The van der Waals surface area contributed by atoms with Crippen LogP contribution >= 0.6 is 0 Å². The molecule has 2 aromatic rings. The summed E-state index contributed by atoms with van der Waals surface area (Å²) in [4.78, 5) is 27.9. The summed E-state index contributed by atoms with van der Waals surface area (Å²) >= 11 is 0. The molecule has 6 heteroatoms. The zero-order chi connectivity index (χ0) is 24.6. The van der Waals surface area contributed by atoms with Gasteiger partial charge >= 0.3 is 12.1 Å². The molecule has 2 rings (SSSR count). The van der Waals surface area contributed by atoms with Crippen molar-refractivity contribution in [1.29, 1.82) is 0 Å². The van der Waals surface area contributed by atoms with E-state index in [1.165, 1.54) is 17.2 Å². The molecule has 0 aliphatic heterocycles. The topological polar surface area (TPSA) is 55.8 Å². The highest BCUT2D eigenvalue weighted by molar-refractivity contribution is 6.95. The van der Waals surface area contributed by atoms with Gasteiger partial charge < -0.3 is 9.47 Å². The lowest BCUT2D eigenvalue weighted by Gasteiger charge is -2.36. The van der Waals surface area contributed by atoms with Crippen LogP contribution in [0, 0.1) is 0 Å². The molecule has 0 aliphatic carbocycles. The highest BCUT2D eigenvalue weighted by Crippen LogP contribution is 2.22. The molecule has 1 atom stereocenters. The molecular formula is C27H37NO4Si. The molecule has 0 aromatic heterocycles. The van der Waals surface area contributed by atoms with E-state index in [1.807, 2.05) is 76.2 Å². The third kappa shape index (κ3) is 7.32. The van der Waals surface area contributed by atoms with Crippen molar-refractivity contribution in [2.75, 3.05) is 13.7 Å². The van der Waals surface area contributed by atoms with E-state index in [0.717, 1.165) is 10.8 Å². The number of nitrogens with zero attached hydrogens (tertiary/aromatic N) is 1. The van der Waals surface area contributed by atoms with Crippen molar-refractivity contribution in [3.8, 4) is 0 Å². The first-order chi connectivity index (χ1) is 15.5. The van der Waals surface area contributed by atoms with Crippen LogP contribution in [-0.4, -0.2) is 50.3 Å². The number of esters is 1. The maximum Gasteiger partial charge on any atom is 0.411 e. The van der Waals surface area contributed by atoms with Gasteiger partial charge in [-0.15, -0.1) is 0 Å². The normalized spacial score (nSPS) is 13.2. The van der Waals surface area contributed by atoms with Gasteiger partial charge in [-0.25, -0.2) is 9.59 Å². The van der Waals surface area contributed by atoms with Crippen LogP contribution in [0.2, 0.25) is 13.1 Å². The summed E-state index contributed by atoms with van der Waals surface area (Å²) in [6.07, 6.45) is 1.90. The van der Waals surface area contributed by atoms with Crippen molar-refractivity contribution in [1.82, 2.24) is 4.90 Å². The third-order valence-corrected chi connectivity index (χ3v) is 9.57. The SMILES string of the molecule is C/C=C(/CN(C(=O)OC(C)(C)C)[C@@H](Cc1ccccc1)C(=O)OC)[Si](C)(C)c1ccccc1. The monoisotopic (exact) mass is 467 g/mol. The van der Waals surface area contributed by atoms with E-state index in [0.29, 0.717) is 13.0 Å². The fourth-order valence-corrected chi connectivity index (χ4v) is 6.47. The van der Waals surface area contributed by atoms with Gasteiger partial charge in [-0.3, -0.25) is 4.90 Å². The van der Waals surface area contributed by atoms with E-state index < -0.39 is 31.8 Å². The maximum absolute atomic E-state index is 13.4. The number of benzene rings is 2. The van der Waals surface area contributed by atoms with Gasteiger partial charge in [0.05, 0.1) is 7.11 Å². The summed E-state index contributed by atoms with van der Waals surface area (Å²) in [5, 5.41) is 2.40. The number of carbonyl (C=O) groups is 2. The number of methoxy groups -OCH3 is 1. The van der Waals surface area contributed by atoms with Crippen molar-refractivity contribution in [3.63, 3.8) is 0 Å². The Hall–Kier alpha value is -2.86. The fraction of sp³-hybridized carbons (Fsp3) is 0.407. The Bertz CT molecular complexity index is 949. The molecule has 0 saturated heterocycles. The molecule has 0 N–H and O–H groups in total. The van der Waals surface area contributed by atoms with E-state index in [2.05, 4.69) is 31.3 Å². The highest BCUT2D eigenvalue weighted by Gasteiger charge is 2.37. The minimum atomic E-state index is -2.10. The Kier molecular flexibility index (Phi) is 9.05. The largest absolute Gasteiger partial charge is 0.467 e. The maximum atomic E-state index is 13.4. The Morgan fingerprint density at radius 2 is 1.55 bits per heavy atom. The number of hydrogen-bond donors (Lipinski definition) is 0. The molecule has 0 bridgehead atoms. The first-order valence-corrected chi connectivity index (χ1v) is 14.3. The summed E-state index contributed by atoms with van der Waals surface area (Å²) < 4.78 is 10.9. The Morgan fingerprint density at radius 1 is 1.00 bits per heavy atom. The minimum Gasteiger partial charge on any atom is -0.467 e. The second-order valence-corrected chi connectivity index (χ2v) is 14.1. The lowest BCUT2D eigenvalue weighted by molar-refractivity contribution is -0.146. The van der Waals surface area contributed by atoms with Crippen molar-refractivity contribution in [2.45, 2.75) is 58.9 Å². The lowest BCUT2D eigenvalue weighted by Crippen LogP contribution is -2.53. The first-order valence-electron chi connectivity index (χ1n) is 11.3. The van der Waals surface area contributed by atoms with E-state index in [4.69, 9.17) is 9.47 Å².